The summed E-state index contributed by atoms with van der Waals surface area (Å²) in [6, 6.07) is 0. The molecule has 0 aliphatic carbocycles. The van der Waals surface area contributed by atoms with Crippen LogP contribution < -0.4 is 0 Å². The van der Waals surface area contributed by atoms with E-state index in [-0.39, 0.29) is 5.75 Å². The molecule has 0 aromatic carbocycles. The highest BCUT2D eigenvalue weighted by Crippen LogP contribution is 2.34. The Labute approximate surface area is 117 Å². The number of fused-ring (bicyclic) bond motifs is 1. The molecule has 20 heavy (non-hydrogen) atoms. The van der Waals surface area contributed by atoms with Crippen LogP contribution in [-0.2, 0) is 27.6 Å². The molecule has 2 aliphatic heterocycles. The van der Waals surface area contributed by atoms with Crippen LogP contribution in [0.15, 0.2) is 6.20 Å². The van der Waals surface area contributed by atoms with Gasteiger partial charge in [-0.05, 0) is 19.3 Å². The summed E-state index contributed by atoms with van der Waals surface area (Å²) in [5, 5.41) is 8.57. The molecule has 0 saturated carbocycles. The van der Waals surface area contributed by atoms with Gasteiger partial charge in [-0.15, -0.1) is 0 Å². The van der Waals surface area contributed by atoms with Gasteiger partial charge in [-0.3, -0.25) is 4.79 Å². The molecule has 7 heteroatoms. The average Bonchev–Trinajstić information content (AvgIpc) is 2.80. The maximum absolute atomic E-state index is 12.1. The van der Waals surface area contributed by atoms with Crippen molar-refractivity contribution in [3.05, 3.63) is 17.7 Å². The number of carboxylic acid groups (broad SMARTS) is 1. The number of imidazole rings is 1. The summed E-state index contributed by atoms with van der Waals surface area (Å²) in [6.07, 6.45) is 5.18. The lowest BCUT2D eigenvalue weighted by Crippen LogP contribution is -2.26. The summed E-state index contributed by atoms with van der Waals surface area (Å²) >= 11 is 0. The predicted octanol–water partition coefficient (Wildman–Crippen LogP) is 1.17. The van der Waals surface area contributed by atoms with E-state index in [0.717, 1.165) is 18.7 Å². The molecule has 110 valence electrons. The summed E-state index contributed by atoms with van der Waals surface area (Å²) in [6.45, 7) is 0.393. The van der Waals surface area contributed by atoms with Crippen molar-refractivity contribution in [2.75, 3.05) is 5.75 Å². The van der Waals surface area contributed by atoms with Gasteiger partial charge in [0, 0.05) is 19.2 Å². The van der Waals surface area contributed by atoms with Gasteiger partial charge in [0.15, 0.2) is 9.84 Å². The van der Waals surface area contributed by atoms with E-state index in [1.807, 2.05) is 4.57 Å². The van der Waals surface area contributed by atoms with Gasteiger partial charge in [-0.2, -0.15) is 0 Å². The lowest BCUT2D eigenvalue weighted by atomic mass is 10.00. The molecular weight excluding hydrogens is 280 g/mol. The van der Waals surface area contributed by atoms with E-state index in [0.29, 0.717) is 31.5 Å². The Morgan fingerprint density at radius 3 is 2.85 bits per heavy atom. The zero-order valence-corrected chi connectivity index (χ0v) is 12.0. The first kappa shape index (κ1) is 13.6. The average molecular weight is 298 g/mol. The number of aromatic nitrogens is 2. The van der Waals surface area contributed by atoms with Crippen molar-refractivity contribution < 1.29 is 18.3 Å². The number of aryl methyl sites for hydroxylation is 1. The van der Waals surface area contributed by atoms with E-state index < -0.39 is 27.0 Å². The van der Waals surface area contributed by atoms with Gasteiger partial charge in [-0.1, -0.05) is 6.42 Å². The topological polar surface area (TPSA) is 89.3 Å². The number of hydrogen-bond acceptors (Lipinski definition) is 4. The summed E-state index contributed by atoms with van der Waals surface area (Å²) in [5.41, 5.74) is 0.603. The number of aliphatic carboxylic acids is 1. The van der Waals surface area contributed by atoms with Crippen molar-refractivity contribution in [3.63, 3.8) is 0 Å². The molecule has 0 amide bonds. The molecule has 1 fully saturated rings. The Hall–Kier alpha value is -1.37. The standard InChI is InChI=1S/C13H18N2O4S/c16-13(17)9-4-5-12-14-10(8-15(12)7-9)11-3-1-2-6-20(11,18)19/h8-9,11H,1-7H2,(H,16,17). The fraction of sp³-hybridized carbons (Fsp3) is 0.692. The minimum absolute atomic E-state index is 0.234. The highest BCUT2D eigenvalue weighted by Gasteiger charge is 2.34. The molecular formula is C13H18N2O4S. The molecule has 2 unspecified atom stereocenters. The first-order chi connectivity index (χ1) is 9.47. The second-order valence-electron chi connectivity index (χ2n) is 5.66. The third-order valence-corrected chi connectivity index (χ3v) is 6.47. The summed E-state index contributed by atoms with van der Waals surface area (Å²) in [7, 11) is -3.10. The van der Waals surface area contributed by atoms with Crippen molar-refractivity contribution >= 4 is 15.8 Å². The zero-order valence-electron chi connectivity index (χ0n) is 11.2. The molecule has 1 aromatic heterocycles. The Morgan fingerprint density at radius 2 is 2.15 bits per heavy atom. The van der Waals surface area contributed by atoms with Crippen LogP contribution in [0, 0.1) is 5.92 Å². The molecule has 0 bridgehead atoms. The Bertz CT molecular complexity index is 635. The summed E-state index contributed by atoms with van der Waals surface area (Å²) in [5.74, 6) is -0.139. The Balaban J connectivity index is 1.89. The van der Waals surface area contributed by atoms with E-state index in [1.54, 1.807) is 6.20 Å². The molecule has 3 heterocycles. The number of carbonyl (C=O) groups is 1. The van der Waals surface area contributed by atoms with Gasteiger partial charge < -0.3 is 9.67 Å². The van der Waals surface area contributed by atoms with Gasteiger partial charge in [0.05, 0.1) is 17.4 Å². The Morgan fingerprint density at radius 1 is 1.35 bits per heavy atom. The van der Waals surface area contributed by atoms with Gasteiger partial charge >= 0.3 is 5.97 Å². The van der Waals surface area contributed by atoms with Crippen LogP contribution in [0.2, 0.25) is 0 Å². The molecule has 6 nitrogen and oxygen atoms in total. The lowest BCUT2D eigenvalue weighted by molar-refractivity contribution is -0.142. The van der Waals surface area contributed by atoms with Crippen molar-refractivity contribution in [1.29, 1.82) is 0 Å². The largest absolute Gasteiger partial charge is 0.481 e. The Kier molecular flexibility index (Phi) is 3.32. The second kappa shape index (κ2) is 4.87. The maximum Gasteiger partial charge on any atom is 0.308 e. The smallest absolute Gasteiger partial charge is 0.308 e. The van der Waals surface area contributed by atoms with Crippen LogP contribution in [0.1, 0.15) is 42.5 Å². The highest BCUT2D eigenvalue weighted by molar-refractivity contribution is 7.91. The molecule has 1 saturated heterocycles. The van der Waals surface area contributed by atoms with Gasteiger partial charge in [0.2, 0.25) is 0 Å². The van der Waals surface area contributed by atoms with Crippen molar-refractivity contribution in [2.24, 2.45) is 5.92 Å². The van der Waals surface area contributed by atoms with E-state index in [2.05, 4.69) is 4.98 Å². The van der Waals surface area contributed by atoms with E-state index in [4.69, 9.17) is 5.11 Å². The number of hydrogen-bond donors (Lipinski definition) is 1. The van der Waals surface area contributed by atoms with Crippen LogP contribution in [0.25, 0.3) is 0 Å². The van der Waals surface area contributed by atoms with Crippen molar-refractivity contribution in [3.8, 4) is 0 Å². The second-order valence-corrected chi connectivity index (χ2v) is 7.96. The van der Waals surface area contributed by atoms with Crippen LogP contribution in [0.4, 0.5) is 0 Å². The van der Waals surface area contributed by atoms with Crippen LogP contribution in [-0.4, -0.2) is 34.8 Å². The molecule has 1 aromatic rings. The first-order valence-corrected chi connectivity index (χ1v) is 8.69. The van der Waals surface area contributed by atoms with Crippen molar-refractivity contribution in [2.45, 2.75) is 43.9 Å². The molecule has 0 spiro atoms. The number of rotatable bonds is 2. The van der Waals surface area contributed by atoms with E-state index in [9.17, 15) is 13.2 Å². The van der Waals surface area contributed by atoms with Gasteiger partial charge in [0.1, 0.15) is 11.1 Å². The fourth-order valence-corrected chi connectivity index (χ4v) is 5.01. The fourth-order valence-electron chi connectivity index (χ4n) is 3.11. The SMILES string of the molecule is O=C(O)C1CCc2nc(C3CCCCS3(=O)=O)cn2C1. The van der Waals surface area contributed by atoms with E-state index >= 15 is 0 Å². The summed E-state index contributed by atoms with van der Waals surface area (Å²) < 4.78 is 26.1. The minimum Gasteiger partial charge on any atom is -0.481 e. The van der Waals surface area contributed by atoms with Gasteiger partial charge in [0.25, 0.3) is 0 Å². The molecule has 2 atom stereocenters. The molecule has 1 N–H and O–H groups in total. The number of carboxylic acids is 1. The quantitative estimate of drug-likeness (QED) is 0.885. The zero-order chi connectivity index (χ0) is 14.3. The number of nitrogens with zero attached hydrogens (tertiary/aromatic N) is 2. The maximum atomic E-state index is 12.1. The minimum atomic E-state index is -3.10. The predicted molar refractivity (Wildman–Crippen MR) is 72.1 cm³/mol. The van der Waals surface area contributed by atoms with E-state index in [1.165, 1.54) is 0 Å². The highest BCUT2D eigenvalue weighted by atomic mass is 32.2. The third-order valence-electron chi connectivity index (χ3n) is 4.27. The lowest BCUT2D eigenvalue weighted by Gasteiger charge is -2.20. The molecule has 0 radical (unpaired) electrons. The van der Waals surface area contributed by atoms with Crippen LogP contribution in [0.5, 0.6) is 0 Å². The van der Waals surface area contributed by atoms with Crippen molar-refractivity contribution in [1.82, 2.24) is 9.55 Å². The monoisotopic (exact) mass is 298 g/mol. The summed E-state index contributed by atoms with van der Waals surface area (Å²) in [4.78, 5) is 15.5. The third kappa shape index (κ3) is 2.34. The van der Waals surface area contributed by atoms with Gasteiger partial charge in [-0.25, -0.2) is 13.4 Å². The van der Waals surface area contributed by atoms with Crippen LogP contribution >= 0.6 is 0 Å². The molecule has 3 rings (SSSR count). The molecule has 2 aliphatic rings. The first-order valence-electron chi connectivity index (χ1n) is 6.98. The van der Waals surface area contributed by atoms with Crippen LogP contribution in [0.3, 0.4) is 0 Å². The normalized spacial score (nSPS) is 28.8. The number of sulfone groups is 1.